The standard InChI is InChI=1S/C22H20N2O3/c1-13-5-7-14(8-6-13)15-11-17-20(24-10-9-23-17)16-12-18(25-2)21(26-3)22(27-4)19(15)16/h5-12H,1-4H3. The van der Waals surface area contributed by atoms with Crippen molar-refractivity contribution >= 4 is 21.8 Å². The van der Waals surface area contributed by atoms with Crippen LogP contribution in [-0.2, 0) is 0 Å². The normalized spacial score (nSPS) is 11.0. The molecular formula is C22H20N2O3. The van der Waals surface area contributed by atoms with Crippen LogP contribution < -0.4 is 14.2 Å². The van der Waals surface area contributed by atoms with Crippen LogP contribution in [0.25, 0.3) is 32.9 Å². The van der Waals surface area contributed by atoms with Gasteiger partial charge in [0.05, 0.1) is 32.4 Å². The first-order valence-electron chi connectivity index (χ1n) is 8.61. The summed E-state index contributed by atoms with van der Waals surface area (Å²) in [7, 11) is 4.86. The molecule has 5 nitrogen and oxygen atoms in total. The summed E-state index contributed by atoms with van der Waals surface area (Å²) in [6, 6.07) is 12.4. The molecule has 1 aromatic heterocycles. The Labute approximate surface area is 157 Å². The van der Waals surface area contributed by atoms with E-state index in [-0.39, 0.29) is 0 Å². The Morgan fingerprint density at radius 3 is 2.15 bits per heavy atom. The molecule has 0 aliphatic heterocycles. The fourth-order valence-electron chi connectivity index (χ4n) is 3.44. The second-order valence-electron chi connectivity index (χ2n) is 6.28. The summed E-state index contributed by atoms with van der Waals surface area (Å²) in [5.41, 5.74) is 4.90. The average Bonchev–Trinajstić information content (AvgIpc) is 2.72. The van der Waals surface area contributed by atoms with Crippen LogP contribution in [0.3, 0.4) is 0 Å². The molecule has 0 atom stereocenters. The quantitative estimate of drug-likeness (QED) is 0.490. The third kappa shape index (κ3) is 2.72. The van der Waals surface area contributed by atoms with Gasteiger partial charge in [-0.3, -0.25) is 9.97 Å². The van der Waals surface area contributed by atoms with Crippen LogP contribution >= 0.6 is 0 Å². The van der Waals surface area contributed by atoms with E-state index in [4.69, 9.17) is 14.2 Å². The summed E-state index contributed by atoms with van der Waals surface area (Å²) in [6.07, 6.45) is 3.39. The molecule has 0 fully saturated rings. The van der Waals surface area contributed by atoms with Gasteiger partial charge in [0.1, 0.15) is 0 Å². The third-order valence-corrected chi connectivity index (χ3v) is 4.72. The van der Waals surface area contributed by atoms with Crippen LogP contribution in [0, 0.1) is 6.92 Å². The molecule has 3 aromatic carbocycles. The van der Waals surface area contributed by atoms with E-state index in [0.29, 0.717) is 17.2 Å². The van der Waals surface area contributed by atoms with Crippen molar-refractivity contribution in [3.05, 3.63) is 54.4 Å². The van der Waals surface area contributed by atoms with Crippen molar-refractivity contribution in [2.45, 2.75) is 6.92 Å². The number of ether oxygens (including phenoxy) is 3. The SMILES string of the molecule is COc1cc2c(c(-c3ccc(C)cc3)cc3nccnc32)c(OC)c1OC. The van der Waals surface area contributed by atoms with E-state index < -0.39 is 0 Å². The Hall–Kier alpha value is -3.34. The van der Waals surface area contributed by atoms with E-state index >= 15 is 0 Å². The van der Waals surface area contributed by atoms with Gasteiger partial charge in [-0.15, -0.1) is 0 Å². The van der Waals surface area contributed by atoms with Gasteiger partial charge in [-0.2, -0.15) is 0 Å². The van der Waals surface area contributed by atoms with E-state index in [0.717, 1.165) is 32.9 Å². The zero-order valence-corrected chi connectivity index (χ0v) is 15.7. The fourth-order valence-corrected chi connectivity index (χ4v) is 3.44. The van der Waals surface area contributed by atoms with Gasteiger partial charge in [0.15, 0.2) is 11.5 Å². The van der Waals surface area contributed by atoms with Crippen molar-refractivity contribution < 1.29 is 14.2 Å². The summed E-state index contributed by atoms with van der Waals surface area (Å²) in [6.45, 7) is 2.07. The number of benzene rings is 3. The van der Waals surface area contributed by atoms with Gasteiger partial charge in [-0.1, -0.05) is 29.8 Å². The maximum atomic E-state index is 5.77. The predicted octanol–water partition coefficient (Wildman–Crippen LogP) is 4.78. The molecule has 0 radical (unpaired) electrons. The van der Waals surface area contributed by atoms with Crippen LogP contribution in [0.15, 0.2) is 48.8 Å². The molecule has 0 amide bonds. The van der Waals surface area contributed by atoms with Gasteiger partial charge in [0.2, 0.25) is 5.75 Å². The minimum Gasteiger partial charge on any atom is -0.493 e. The topological polar surface area (TPSA) is 53.5 Å². The van der Waals surface area contributed by atoms with Crippen LogP contribution in [0.2, 0.25) is 0 Å². The van der Waals surface area contributed by atoms with Gasteiger partial charge in [-0.25, -0.2) is 0 Å². The number of rotatable bonds is 4. The molecule has 0 bridgehead atoms. The summed E-state index contributed by atoms with van der Waals surface area (Å²) < 4.78 is 16.9. The first-order chi connectivity index (χ1) is 13.2. The van der Waals surface area contributed by atoms with Crippen LogP contribution in [0.4, 0.5) is 0 Å². The van der Waals surface area contributed by atoms with E-state index in [1.165, 1.54) is 5.56 Å². The number of aromatic nitrogens is 2. The number of hydrogen-bond acceptors (Lipinski definition) is 5. The minimum absolute atomic E-state index is 0.559. The molecule has 0 spiro atoms. The highest BCUT2D eigenvalue weighted by Gasteiger charge is 2.21. The third-order valence-electron chi connectivity index (χ3n) is 4.72. The lowest BCUT2D eigenvalue weighted by Gasteiger charge is -2.18. The zero-order valence-electron chi connectivity index (χ0n) is 15.7. The Morgan fingerprint density at radius 2 is 1.48 bits per heavy atom. The van der Waals surface area contributed by atoms with Gasteiger partial charge in [0.25, 0.3) is 0 Å². The Balaban J connectivity index is 2.22. The molecule has 0 N–H and O–H groups in total. The largest absolute Gasteiger partial charge is 0.493 e. The lowest BCUT2D eigenvalue weighted by Crippen LogP contribution is -1.98. The van der Waals surface area contributed by atoms with E-state index in [1.807, 2.05) is 12.1 Å². The molecule has 0 saturated carbocycles. The predicted molar refractivity (Wildman–Crippen MR) is 107 cm³/mol. The molecule has 0 aliphatic carbocycles. The van der Waals surface area contributed by atoms with Crippen molar-refractivity contribution in [2.24, 2.45) is 0 Å². The maximum absolute atomic E-state index is 5.77. The molecular weight excluding hydrogens is 340 g/mol. The maximum Gasteiger partial charge on any atom is 0.203 e. The smallest absolute Gasteiger partial charge is 0.203 e. The van der Waals surface area contributed by atoms with Crippen molar-refractivity contribution in [1.29, 1.82) is 0 Å². The van der Waals surface area contributed by atoms with Crippen LogP contribution in [0.1, 0.15) is 5.56 Å². The van der Waals surface area contributed by atoms with Gasteiger partial charge < -0.3 is 14.2 Å². The van der Waals surface area contributed by atoms with E-state index in [2.05, 4.69) is 41.2 Å². The molecule has 0 saturated heterocycles. The summed E-state index contributed by atoms with van der Waals surface area (Å²) in [4.78, 5) is 9.06. The van der Waals surface area contributed by atoms with Crippen molar-refractivity contribution in [3.8, 4) is 28.4 Å². The highest BCUT2D eigenvalue weighted by molar-refractivity contribution is 6.15. The second kappa shape index (κ2) is 6.76. The molecule has 4 rings (SSSR count). The highest BCUT2D eigenvalue weighted by atomic mass is 16.5. The van der Waals surface area contributed by atoms with E-state index in [1.54, 1.807) is 33.7 Å². The first-order valence-corrected chi connectivity index (χ1v) is 8.61. The summed E-state index contributed by atoms with van der Waals surface area (Å²) in [5, 5.41) is 1.83. The molecule has 1 heterocycles. The molecule has 27 heavy (non-hydrogen) atoms. The van der Waals surface area contributed by atoms with Crippen LogP contribution in [0.5, 0.6) is 17.2 Å². The number of nitrogens with zero attached hydrogens (tertiary/aromatic N) is 2. The monoisotopic (exact) mass is 360 g/mol. The van der Waals surface area contributed by atoms with Gasteiger partial charge in [0, 0.05) is 23.2 Å². The molecule has 5 heteroatoms. The van der Waals surface area contributed by atoms with Gasteiger partial charge >= 0.3 is 0 Å². The lowest BCUT2D eigenvalue weighted by molar-refractivity contribution is 0.327. The zero-order chi connectivity index (χ0) is 19.0. The lowest BCUT2D eigenvalue weighted by atomic mass is 9.95. The molecule has 136 valence electrons. The second-order valence-corrected chi connectivity index (χ2v) is 6.28. The van der Waals surface area contributed by atoms with Crippen molar-refractivity contribution in [3.63, 3.8) is 0 Å². The molecule has 4 aromatic rings. The first kappa shape index (κ1) is 17.1. The summed E-state index contributed by atoms with van der Waals surface area (Å²) in [5.74, 6) is 1.77. The van der Waals surface area contributed by atoms with Gasteiger partial charge in [-0.05, 0) is 30.2 Å². The number of aryl methyl sites for hydroxylation is 1. The highest BCUT2D eigenvalue weighted by Crippen LogP contribution is 2.48. The summed E-state index contributed by atoms with van der Waals surface area (Å²) >= 11 is 0. The van der Waals surface area contributed by atoms with Crippen LogP contribution in [-0.4, -0.2) is 31.3 Å². The average molecular weight is 360 g/mol. The number of methoxy groups -OCH3 is 3. The fraction of sp³-hybridized carbons (Fsp3) is 0.182. The number of fused-ring (bicyclic) bond motifs is 3. The van der Waals surface area contributed by atoms with Crippen molar-refractivity contribution in [1.82, 2.24) is 9.97 Å². The number of hydrogen-bond donors (Lipinski definition) is 0. The minimum atomic E-state index is 0.559. The van der Waals surface area contributed by atoms with E-state index in [9.17, 15) is 0 Å². The molecule has 0 unspecified atom stereocenters. The molecule has 0 aliphatic rings. The Bertz CT molecular complexity index is 1140. The van der Waals surface area contributed by atoms with Crippen molar-refractivity contribution in [2.75, 3.05) is 21.3 Å². The Morgan fingerprint density at radius 1 is 0.778 bits per heavy atom. The Kier molecular flexibility index (Phi) is 4.28.